The molecule has 1 aromatic heterocycles. The van der Waals surface area contributed by atoms with Crippen LogP contribution >= 0.6 is 11.3 Å². The van der Waals surface area contributed by atoms with Gasteiger partial charge in [-0.3, -0.25) is 4.79 Å². The first-order valence-corrected chi connectivity index (χ1v) is 10.4. The number of nitrogens with zero attached hydrogens (tertiary/aromatic N) is 1. The van der Waals surface area contributed by atoms with E-state index in [2.05, 4.69) is 15.6 Å². The van der Waals surface area contributed by atoms with E-state index in [4.69, 9.17) is 5.14 Å². The minimum absolute atomic E-state index is 0.0489. The van der Waals surface area contributed by atoms with Crippen molar-refractivity contribution in [3.05, 3.63) is 45.9 Å². The van der Waals surface area contributed by atoms with E-state index in [9.17, 15) is 13.2 Å². The highest BCUT2D eigenvalue weighted by Crippen LogP contribution is 2.26. The molecule has 0 saturated carbocycles. The van der Waals surface area contributed by atoms with Gasteiger partial charge in [-0.2, -0.15) is 0 Å². The van der Waals surface area contributed by atoms with Gasteiger partial charge in [0.1, 0.15) is 5.69 Å². The van der Waals surface area contributed by atoms with Crippen LogP contribution in [0.15, 0.2) is 34.5 Å². The second-order valence-corrected chi connectivity index (χ2v) is 8.44. The molecule has 1 aliphatic rings. The van der Waals surface area contributed by atoms with Crippen molar-refractivity contribution >= 4 is 27.3 Å². The molecule has 7 nitrogen and oxygen atoms in total. The lowest BCUT2D eigenvalue weighted by Gasteiger charge is -2.20. The van der Waals surface area contributed by atoms with E-state index in [1.54, 1.807) is 17.5 Å². The molecule has 134 valence electrons. The zero-order chi connectivity index (χ0) is 17.9. The average Bonchev–Trinajstić information content (AvgIpc) is 3.10. The Labute approximate surface area is 150 Å². The van der Waals surface area contributed by atoms with Gasteiger partial charge < -0.3 is 10.6 Å². The highest BCUT2D eigenvalue weighted by atomic mass is 32.2. The van der Waals surface area contributed by atoms with E-state index in [1.807, 2.05) is 0 Å². The zero-order valence-electron chi connectivity index (χ0n) is 13.6. The van der Waals surface area contributed by atoms with Crippen LogP contribution < -0.4 is 15.8 Å². The number of hydrogen-bond donors (Lipinski definition) is 3. The fourth-order valence-corrected chi connectivity index (χ4v) is 4.16. The normalized spacial score (nSPS) is 18.0. The molecule has 2 aromatic rings. The van der Waals surface area contributed by atoms with Gasteiger partial charge in [-0.15, -0.1) is 11.3 Å². The van der Waals surface area contributed by atoms with Crippen LogP contribution in [0.2, 0.25) is 0 Å². The second kappa shape index (κ2) is 7.61. The molecule has 0 radical (unpaired) electrons. The third-order valence-corrected chi connectivity index (χ3v) is 6.04. The van der Waals surface area contributed by atoms with Crippen LogP contribution in [0, 0.1) is 0 Å². The number of carbonyl (C=O) groups is 1. The van der Waals surface area contributed by atoms with Gasteiger partial charge in [0.25, 0.3) is 5.91 Å². The number of aromatic nitrogens is 1. The summed E-state index contributed by atoms with van der Waals surface area (Å²) in [4.78, 5) is 16.8. The van der Waals surface area contributed by atoms with Crippen LogP contribution in [-0.4, -0.2) is 32.4 Å². The predicted molar refractivity (Wildman–Crippen MR) is 95.9 cm³/mol. The van der Waals surface area contributed by atoms with Gasteiger partial charge in [-0.05, 0) is 37.1 Å². The number of amides is 1. The van der Waals surface area contributed by atoms with Crippen LogP contribution in [0.5, 0.6) is 0 Å². The molecule has 4 N–H and O–H groups in total. The lowest BCUT2D eigenvalue weighted by Crippen LogP contribution is -2.28. The Bertz CT molecular complexity index is 841. The van der Waals surface area contributed by atoms with E-state index in [-0.39, 0.29) is 10.8 Å². The van der Waals surface area contributed by atoms with E-state index < -0.39 is 10.0 Å². The van der Waals surface area contributed by atoms with Crippen molar-refractivity contribution in [1.82, 2.24) is 15.6 Å². The average molecular weight is 380 g/mol. The Morgan fingerprint density at radius 3 is 2.76 bits per heavy atom. The summed E-state index contributed by atoms with van der Waals surface area (Å²) in [6.07, 6.45) is 2.22. The lowest BCUT2D eigenvalue weighted by molar-refractivity contribution is 0.0946. The van der Waals surface area contributed by atoms with Gasteiger partial charge in [0.15, 0.2) is 0 Å². The molecule has 1 aromatic carbocycles. The maximum Gasteiger partial charge on any atom is 0.271 e. The quantitative estimate of drug-likeness (QED) is 0.721. The first-order chi connectivity index (χ1) is 11.9. The number of thiazole rings is 1. The van der Waals surface area contributed by atoms with Crippen molar-refractivity contribution in [3.63, 3.8) is 0 Å². The number of benzene rings is 1. The Balaban J connectivity index is 1.58. The SMILES string of the molecule is NS(=O)(=O)c1ccc(CNC(=O)c2csc(C3CCCNC3)n2)cc1. The Morgan fingerprint density at radius 1 is 1.36 bits per heavy atom. The molecule has 0 spiro atoms. The van der Waals surface area contributed by atoms with Crippen molar-refractivity contribution in [3.8, 4) is 0 Å². The van der Waals surface area contributed by atoms with E-state index in [0.717, 1.165) is 36.5 Å². The number of rotatable bonds is 5. The van der Waals surface area contributed by atoms with Crippen molar-refractivity contribution < 1.29 is 13.2 Å². The van der Waals surface area contributed by atoms with Gasteiger partial charge in [0.05, 0.1) is 9.90 Å². The molecule has 0 bridgehead atoms. The molecule has 0 aliphatic carbocycles. The number of hydrogen-bond acceptors (Lipinski definition) is 6. The summed E-state index contributed by atoms with van der Waals surface area (Å²) in [5.41, 5.74) is 1.21. The highest BCUT2D eigenvalue weighted by Gasteiger charge is 2.20. The first kappa shape index (κ1) is 18.0. The monoisotopic (exact) mass is 380 g/mol. The van der Waals surface area contributed by atoms with Crippen molar-refractivity contribution in [1.29, 1.82) is 0 Å². The molecule has 1 unspecified atom stereocenters. The second-order valence-electron chi connectivity index (χ2n) is 5.99. The summed E-state index contributed by atoms with van der Waals surface area (Å²) in [7, 11) is -3.70. The van der Waals surface area contributed by atoms with Gasteiger partial charge >= 0.3 is 0 Å². The van der Waals surface area contributed by atoms with Crippen LogP contribution in [0.3, 0.4) is 0 Å². The number of piperidine rings is 1. The number of nitrogens with two attached hydrogens (primary N) is 1. The van der Waals surface area contributed by atoms with Crippen LogP contribution in [0.1, 0.15) is 39.8 Å². The Morgan fingerprint density at radius 2 is 2.12 bits per heavy atom. The molecular formula is C16H20N4O3S2. The Kier molecular flexibility index (Phi) is 5.48. The maximum atomic E-state index is 12.2. The molecule has 1 amide bonds. The van der Waals surface area contributed by atoms with Gasteiger partial charge in [0, 0.05) is 24.4 Å². The molecule has 1 atom stereocenters. The third kappa shape index (κ3) is 4.63. The Hall–Kier alpha value is -1.81. The van der Waals surface area contributed by atoms with Crippen LogP contribution in [0.4, 0.5) is 0 Å². The smallest absolute Gasteiger partial charge is 0.271 e. The van der Waals surface area contributed by atoms with Crippen LogP contribution in [0.25, 0.3) is 0 Å². The van der Waals surface area contributed by atoms with Gasteiger partial charge in [-0.25, -0.2) is 18.5 Å². The minimum atomic E-state index is -3.70. The number of sulfonamides is 1. The summed E-state index contributed by atoms with van der Waals surface area (Å²) >= 11 is 1.52. The summed E-state index contributed by atoms with van der Waals surface area (Å²) in [5.74, 6) is 0.146. The molecule has 3 rings (SSSR count). The number of primary sulfonamides is 1. The van der Waals surface area contributed by atoms with Gasteiger partial charge in [0.2, 0.25) is 10.0 Å². The standard InChI is InChI=1S/C16H20N4O3S2/c17-25(22,23)13-5-3-11(4-6-13)8-19-15(21)14-10-24-16(20-14)12-2-1-7-18-9-12/h3-6,10,12,18H,1-2,7-9H2,(H,19,21)(H2,17,22,23). The minimum Gasteiger partial charge on any atom is -0.347 e. The zero-order valence-corrected chi connectivity index (χ0v) is 15.2. The lowest BCUT2D eigenvalue weighted by atomic mass is 10.0. The summed E-state index contributed by atoms with van der Waals surface area (Å²) in [6.45, 7) is 2.24. The largest absolute Gasteiger partial charge is 0.347 e. The van der Waals surface area contributed by atoms with Crippen molar-refractivity contribution in [2.45, 2.75) is 30.2 Å². The fourth-order valence-electron chi connectivity index (χ4n) is 2.71. The first-order valence-electron chi connectivity index (χ1n) is 7.99. The number of nitrogens with one attached hydrogen (secondary N) is 2. The predicted octanol–water partition coefficient (Wildman–Crippen LogP) is 1.19. The van der Waals surface area contributed by atoms with Gasteiger partial charge in [-0.1, -0.05) is 12.1 Å². The molecule has 1 aliphatic heterocycles. The fraction of sp³-hybridized carbons (Fsp3) is 0.375. The molecular weight excluding hydrogens is 360 g/mol. The molecule has 1 fully saturated rings. The molecule has 2 heterocycles. The van der Waals surface area contributed by atoms with E-state index in [0.29, 0.717) is 18.2 Å². The van der Waals surface area contributed by atoms with Crippen LogP contribution in [-0.2, 0) is 16.6 Å². The highest BCUT2D eigenvalue weighted by molar-refractivity contribution is 7.89. The third-order valence-electron chi connectivity index (χ3n) is 4.11. The topological polar surface area (TPSA) is 114 Å². The summed E-state index contributed by atoms with van der Waals surface area (Å²) < 4.78 is 22.4. The van der Waals surface area contributed by atoms with Crippen molar-refractivity contribution in [2.75, 3.05) is 13.1 Å². The van der Waals surface area contributed by atoms with E-state index >= 15 is 0 Å². The summed E-state index contributed by atoms with van der Waals surface area (Å²) in [5, 5.41) is 14.0. The summed E-state index contributed by atoms with van der Waals surface area (Å²) in [6, 6.07) is 6.10. The molecule has 1 saturated heterocycles. The molecule has 9 heteroatoms. The van der Waals surface area contributed by atoms with E-state index in [1.165, 1.54) is 23.5 Å². The molecule has 25 heavy (non-hydrogen) atoms. The van der Waals surface area contributed by atoms with Crippen molar-refractivity contribution in [2.24, 2.45) is 5.14 Å². The number of carbonyl (C=O) groups excluding carboxylic acids is 1. The maximum absolute atomic E-state index is 12.2.